The van der Waals surface area contributed by atoms with Gasteiger partial charge in [0, 0.05) is 16.3 Å². The second-order valence-corrected chi connectivity index (χ2v) is 8.67. The molecule has 148 valence electrons. The molecule has 6 heteroatoms. The molecule has 0 bridgehead atoms. The van der Waals surface area contributed by atoms with Crippen LogP contribution < -0.4 is 5.32 Å². The van der Waals surface area contributed by atoms with Crippen LogP contribution in [0.2, 0.25) is 0 Å². The summed E-state index contributed by atoms with van der Waals surface area (Å²) in [4.78, 5) is 26.9. The molecule has 0 aromatic carbocycles. The summed E-state index contributed by atoms with van der Waals surface area (Å²) in [5, 5.41) is 6.76. The van der Waals surface area contributed by atoms with Crippen molar-refractivity contribution in [2.75, 3.05) is 6.54 Å². The molecule has 0 spiro atoms. The average Bonchev–Trinajstić information content (AvgIpc) is 3.40. The highest BCUT2D eigenvalue weighted by atomic mass is 32.1. The molecule has 1 atom stereocenters. The molecule has 0 saturated carbocycles. The molecular formula is C22H25NO3S2. The zero-order chi connectivity index (χ0) is 19.8. The Morgan fingerprint density at radius 1 is 1.21 bits per heavy atom. The van der Waals surface area contributed by atoms with Crippen LogP contribution in [0, 0.1) is 0 Å². The molecular weight excluding hydrogens is 390 g/mol. The highest BCUT2D eigenvalue weighted by Crippen LogP contribution is 2.26. The fraction of sp³-hybridized carbons (Fsp3) is 0.364. The third kappa shape index (κ3) is 5.91. The monoisotopic (exact) mass is 415 g/mol. The number of nitrogens with one attached hydrogen (secondary N) is 1. The molecule has 0 aliphatic heterocycles. The standard InChI is InChI=1S/C22H25NO3S2/c1-16(21(24)23-12-11-17-7-3-2-4-8-17)26-22(25)19(20-10-6-14-28-20)15-18-9-5-13-27-18/h5-7,9-10,13-16H,2-4,8,11-12H2,1H3,(H,23,24)/b19-15+/t16-/m1/s1. The summed E-state index contributed by atoms with van der Waals surface area (Å²) >= 11 is 3.03. The third-order valence-electron chi connectivity index (χ3n) is 4.62. The Kier molecular flexibility index (Phi) is 7.62. The van der Waals surface area contributed by atoms with Gasteiger partial charge in [-0.2, -0.15) is 0 Å². The zero-order valence-electron chi connectivity index (χ0n) is 16.0. The molecule has 2 aromatic rings. The van der Waals surface area contributed by atoms with Crippen LogP contribution in [0.15, 0.2) is 46.7 Å². The lowest BCUT2D eigenvalue weighted by Crippen LogP contribution is -2.36. The Morgan fingerprint density at radius 2 is 2.04 bits per heavy atom. The van der Waals surface area contributed by atoms with Crippen LogP contribution in [0.3, 0.4) is 0 Å². The zero-order valence-corrected chi connectivity index (χ0v) is 17.6. The smallest absolute Gasteiger partial charge is 0.340 e. The van der Waals surface area contributed by atoms with Gasteiger partial charge in [0.25, 0.3) is 5.91 Å². The van der Waals surface area contributed by atoms with Gasteiger partial charge in [-0.3, -0.25) is 4.79 Å². The molecule has 0 radical (unpaired) electrons. The number of allylic oxidation sites excluding steroid dienone is 1. The van der Waals surface area contributed by atoms with Crippen LogP contribution in [0.1, 0.15) is 48.8 Å². The summed E-state index contributed by atoms with van der Waals surface area (Å²) < 4.78 is 5.47. The highest BCUT2D eigenvalue weighted by Gasteiger charge is 2.22. The first-order valence-corrected chi connectivity index (χ1v) is 11.3. The van der Waals surface area contributed by atoms with Crippen LogP contribution in [0.5, 0.6) is 0 Å². The van der Waals surface area contributed by atoms with Crippen LogP contribution in [-0.4, -0.2) is 24.5 Å². The molecule has 28 heavy (non-hydrogen) atoms. The number of hydrogen-bond acceptors (Lipinski definition) is 5. The van der Waals surface area contributed by atoms with Crippen LogP contribution >= 0.6 is 22.7 Å². The lowest BCUT2D eigenvalue weighted by Gasteiger charge is -2.16. The maximum absolute atomic E-state index is 12.7. The van der Waals surface area contributed by atoms with Gasteiger partial charge in [-0.05, 0) is 68.0 Å². The Bertz CT molecular complexity index is 835. The molecule has 1 aliphatic rings. The topological polar surface area (TPSA) is 55.4 Å². The van der Waals surface area contributed by atoms with Crippen molar-refractivity contribution in [2.45, 2.75) is 45.1 Å². The van der Waals surface area contributed by atoms with E-state index in [2.05, 4.69) is 11.4 Å². The van der Waals surface area contributed by atoms with E-state index in [1.165, 1.54) is 29.8 Å². The van der Waals surface area contributed by atoms with Gasteiger partial charge in [0.15, 0.2) is 6.10 Å². The van der Waals surface area contributed by atoms with Crippen molar-refractivity contribution in [2.24, 2.45) is 0 Å². The lowest BCUT2D eigenvalue weighted by molar-refractivity contribution is -0.149. The van der Waals surface area contributed by atoms with Gasteiger partial charge in [0.05, 0.1) is 5.57 Å². The van der Waals surface area contributed by atoms with E-state index in [4.69, 9.17) is 4.74 Å². The maximum Gasteiger partial charge on any atom is 0.340 e. The van der Waals surface area contributed by atoms with Crippen molar-refractivity contribution in [1.29, 1.82) is 0 Å². The highest BCUT2D eigenvalue weighted by molar-refractivity contribution is 7.12. The Morgan fingerprint density at radius 3 is 2.71 bits per heavy atom. The molecule has 1 aliphatic carbocycles. The fourth-order valence-electron chi connectivity index (χ4n) is 3.08. The number of ether oxygens (including phenoxy) is 1. The number of carbonyl (C=O) groups is 2. The molecule has 1 N–H and O–H groups in total. The van der Waals surface area contributed by atoms with Crippen molar-refractivity contribution in [3.63, 3.8) is 0 Å². The van der Waals surface area contributed by atoms with Gasteiger partial charge in [0.1, 0.15) is 0 Å². The summed E-state index contributed by atoms with van der Waals surface area (Å²) in [6.07, 6.45) is 8.88. The molecule has 0 fully saturated rings. The van der Waals surface area contributed by atoms with Gasteiger partial charge in [-0.25, -0.2) is 4.79 Å². The SMILES string of the molecule is C[C@@H](OC(=O)/C(=C/c1cccs1)c1cccs1)C(=O)NCCC1=CCCCC1. The van der Waals surface area contributed by atoms with Crippen LogP contribution in [0.25, 0.3) is 11.6 Å². The van der Waals surface area contributed by atoms with Crippen LogP contribution in [0.4, 0.5) is 0 Å². The lowest BCUT2D eigenvalue weighted by atomic mass is 9.97. The minimum atomic E-state index is -0.834. The van der Waals surface area contributed by atoms with Crippen molar-refractivity contribution in [3.05, 3.63) is 56.4 Å². The number of amides is 1. The minimum Gasteiger partial charge on any atom is -0.449 e. The van der Waals surface area contributed by atoms with E-state index in [0.717, 1.165) is 29.0 Å². The largest absolute Gasteiger partial charge is 0.449 e. The number of hydrogen-bond donors (Lipinski definition) is 1. The van der Waals surface area contributed by atoms with E-state index in [0.29, 0.717) is 12.1 Å². The second-order valence-electron chi connectivity index (χ2n) is 6.75. The second kappa shape index (κ2) is 10.4. The summed E-state index contributed by atoms with van der Waals surface area (Å²) in [7, 11) is 0. The molecule has 0 saturated heterocycles. The molecule has 2 aromatic heterocycles. The number of carbonyl (C=O) groups excluding carboxylic acids is 2. The summed E-state index contributed by atoms with van der Waals surface area (Å²) in [6.45, 7) is 2.19. The van der Waals surface area contributed by atoms with Gasteiger partial charge in [-0.15, -0.1) is 22.7 Å². The molecule has 2 heterocycles. The first-order chi connectivity index (χ1) is 13.6. The predicted octanol–water partition coefficient (Wildman–Crippen LogP) is 5.29. The first kappa shape index (κ1) is 20.6. The van der Waals surface area contributed by atoms with Crippen molar-refractivity contribution in [1.82, 2.24) is 5.32 Å². The third-order valence-corrected chi connectivity index (χ3v) is 6.34. The van der Waals surface area contributed by atoms with Gasteiger partial charge in [-0.1, -0.05) is 23.8 Å². The molecule has 1 amide bonds. The Balaban J connectivity index is 1.56. The normalized spacial score (nSPS) is 15.6. The maximum atomic E-state index is 12.7. The average molecular weight is 416 g/mol. The number of thiophene rings is 2. The Hall–Kier alpha value is -2.18. The first-order valence-electron chi connectivity index (χ1n) is 9.59. The summed E-state index contributed by atoms with van der Waals surface area (Å²) in [5.41, 5.74) is 1.89. The fourth-order valence-corrected chi connectivity index (χ4v) is 4.46. The van der Waals surface area contributed by atoms with Crippen LogP contribution in [-0.2, 0) is 14.3 Å². The summed E-state index contributed by atoms with van der Waals surface area (Å²) in [5.74, 6) is -0.736. The van der Waals surface area contributed by atoms with E-state index in [1.807, 2.05) is 41.1 Å². The van der Waals surface area contributed by atoms with Gasteiger partial charge in [0.2, 0.25) is 0 Å². The van der Waals surface area contributed by atoms with E-state index < -0.39 is 12.1 Å². The van der Waals surface area contributed by atoms with E-state index in [-0.39, 0.29) is 5.91 Å². The molecule has 4 nitrogen and oxygen atoms in total. The number of rotatable bonds is 8. The van der Waals surface area contributed by atoms with E-state index in [1.54, 1.807) is 18.3 Å². The van der Waals surface area contributed by atoms with Crippen molar-refractivity contribution >= 4 is 46.2 Å². The number of esters is 1. The van der Waals surface area contributed by atoms with E-state index >= 15 is 0 Å². The van der Waals surface area contributed by atoms with Crippen molar-refractivity contribution < 1.29 is 14.3 Å². The van der Waals surface area contributed by atoms with Gasteiger partial charge < -0.3 is 10.1 Å². The predicted molar refractivity (Wildman–Crippen MR) is 116 cm³/mol. The van der Waals surface area contributed by atoms with E-state index in [9.17, 15) is 9.59 Å². The van der Waals surface area contributed by atoms with Crippen molar-refractivity contribution in [3.8, 4) is 0 Å². The molecule has 3 rings (SSSR count). The minimum absolute atomic E-state index is 0.258. The Labute approximate surface area is 173 Å². The summed E-state index contributed by atoms with van der Waals surface area (Å²) in [6, 6.07) is 7.66. The molecule has 0 unspecified atom stereocenters. The van der Waals surface area contributed by atoms with Gasteiger partial charge >= 0.3 is 5.97 Å². The quantitative estimate of drug-likeness (QED) is 0.362.